The summed E-state index contributed by atoms with van der Waals surface area (Å²) in [4.78, 5) is 11.9. The second-order valence-corrected chi connectivity index (χ2v) is 10.5. The Labute approximate surface area is 208 Å². The molecule has 3 nitrogen and oxygen atoms in total. The fraction of sp³-hybridized carbons (Fsp3) is 0.964. The fourth-order valence-corrected chi connectivity index (χ4v) is 4.38. The van der Waals surface area contributed by atoms with Crippen LogP contribution in [-0.2, 0) is 4.79 Å². The van der Waals surface area contributed by atoms with Gasteiger partial charge in [-0.15, -0.1) is 0 Å². The molecule has 0 rings (SSSR count). The predicted molar refractivity (Wildman–Crippen MR) is 139 cm³/mol. The Bertz CT molecular complexity index is 388. The van der Waals surface area contributed by atoms with Gasteiger partial charge >= 0.3 is 0 Å². The van der Waals surface area contributed by atoms with Gasteiger partial charge in [-0.3, -0.25) is 4.79 Å². The molecule has 0 aromatic rings. The first-order valence-corrected chi connectivity index (χ1v) is 14.1. The van der Waals surface area contributed by atoms with Crippen LogP contribution in [0.1, 0.15) is 142 Å². The number of halogens is 1. The number of hydrogen-bond donors (Lipinski definition) is 1. The maximum Gasteiger partial charge on any atom is 0.219 e. The van der Waals surface area contributed by atoms with Crippen LogP contribution in [0.25, 0.3) is 0 Å². The minimum atomic E-state index is 0. The van der Waals surface area contributed by atoms with Gasteiger partial charge in [-0.1, -0.05) is 110 Å². The van der Waals surface area contributed by atoms with Gasteiger partial charge in [0.25, 0.3) is 0 Å². The molecule has 1 N–H and O–H groups in total. The third-order valence-electron chi connectivity index (χ3n) is 6.64. The number of nitrogens with one attached hydrogen (secondary N) is 1. The molecule has 0 aromatic heterocycles. The van der Waals surface area contributed by atoms with E-state index < -0.39 is 0 Å². The summed E-state index contributed by atoms with van der Waals surface area (Å²) in [5.41, 5.74) is 0. The molecule has 0 aliphatic carbocycles. The summed E-state index contributed by atoms with van der Waals surface area (Å²) < 4.78 is 1.09. The smallest absolute Gasteiger partial charge is 0.219 e. The van der Waals surface area contributed by atoms with Crippen molar-refractivity contribution in [2.45, 2.75) is 142 Å². The van der Waals surface area contributed by atoms with E-state index >= 15 is 0 Å². The summed E-state index contributed by atoms with van der Waals surface area (Å²) in [6.45, 7) is 7.80. The molecule has 0 spiro atoms. The van der Waals surface area contributed by atoms with Crippen molar-refractivity contribution >= 4 is 5.91 Å². The van der Waals surface area contributed by atoms with Gasteiger partial charge in [-0.05, 0) is 19.3 Å². The van der Waals surface area contributed by atoms with Gasteiger partial charge in [0, 0.05) is 19.4 Å². The Balaban J connectivity index is 0. The fourth-order valence-electron chi connectivity index (χ4n) is 4.38. The van der Waals surface area contributed by atoms with Gasteiger partial charge in [-0.25, -0.2) is 0 Å². The molecule has 0 bridgehead atoms. The summed E-state index contributed by atoms with van der Waals surface area (Å²) in [6, 6.07) is 0. The highest BCUT2D eigenvalue weighted by Gasteiger charge is 2.14. The van der Waals surface area contributed by atoms with E-state index in [2.05, 4.69) is 33.3 Å². The van der Waals surface area contributed by atoms with Crippen LogP contribution in [0.15, 0.2) is 0 Å². The van der Waals surface area contributed by atoms with Crippen LogP contribution in [0.4, 0.5) is 0 Å². The summed E-state index contributed by atoms with van der Waals surface area (Å²) in [6.07, 6.45) is 26.3. The second kappa shape index (κ2) is 25.3. The molecular weight excluding hydrogens is 416 g/mol. The van der Waals surface area contributed by atoms with Crippen molar-refractivity contribution in [3.05, 3.63) is 0 Å². The zero-order valence-corrected chi connectivity index (χ0v) is 23.3. The highest BCUT2D eigenvalue weighted by Crippen LogP contribution is 2.13. The molecular formula is C28H59ClN2O. The van der Waals surface area contributed by atoms with Crippen molar-refractivity contribution in [1.82, 2.24) is 5.32 Å². The van der Waals surface area contributed by atoms with Crippen LogP contribution in [0.5, 0.6) is 0 Å². The zero-order chi connectivity index (χ0) is 23.0. The minimum Gasteiger partial charge on any atom is -1.00 e. The van der Waals surface area contributed by atoms with Crippen LogP contribution in [0.3, 0.4) is 0 Å². The Morgan fingerprint density at radius 2 is 0.938 bits per heavy atom. The first kappa shape index (κ1) is 33.9. The summed E-state index contributed by atoms with van der Waals surface area (Å²) >= 11 is 0. The Morgan fingerprint density at radius 1 is 0.562 bits per heavy atom. The SMILES string of the molecule is CCCCCCCCCCCCCC[N+](C)(C)CCCNC(=O)CCCCCCCC.[Cl-]. The van der Waals surface area contributed by atoms with Gasteiger partial charge < -0.3 is 22.2 Å². The Kier molecular flexibility index (Phi) is 26.8. The number of unbranched alkanes of at least 4 members (excludes halogenated alkanes) is 16. The van der Waals surface area contributed by atoms with Gasteiger partial charge in [0.05, 0.1) is 27.2 Å². The van der Waals surface area contributed by atoms with Crippen molar-refractivity contribution in [2.75, 3.05) is 33.7 Å². The van der Waals surface area contributed by atoms with Crippen molar-refractivity contribution < 1.29 is 21.7 Å². The molecule has 0 fully saturated rings. The lowest BCUT2D eigenvalue weighted by Crippen LogP contribution is -3.00. The number of nitrogens with zero attached hydrogens (tertiary/aromatic N) is 1. The normalized spacial score (nSPS) is 11.4. The van der Waals surface area contributed by atoms with E-state index in [1.54, 1.807) is 0 Å². The lowest BCUT2D eigenvalue weighted by molar-refractivity contribution is -0.890. The summed E-state index contributed by atoms with van der Waals surface area (Å²) in [5.74, 6) is 0.252. The third-order valence-corrected chi connectivity index (χ3v) is 6.64. The van der Waals surface area contributed by atoms with Crippen LogP contribution in [-0.4, -0.2) is 44.1 Å². The number of carbonyl (C=O) groups is 1. The molecule has 0 radical (unpaired) electrons. The molecule has 0 unspecified atom stereocenters. The van der Waals surface area contributed by atoms with Gasteiger partial charge in [0.1, 0.15) is 0 Å². The number of carbonyl (C=O) groups excluding carboxylic acids is 1. The molecule has 1 amide bonds. The van der Waals surface area contributed by atoms with Gasteiger partial charge in [-0.2, -0.15) is 0 Å². The maximum atomic E-state index is 11.9. The van der Waals surface area contributed by atoms with Crippen molar-refractivity contribution in [2.24, 2.45) is 0 Å². The van der Waals surface area contributed by atoms with Crippen LogP contribution in [0.2, 0.25) is 0 Å². The average Bonchev–Trinajstić information content (AvgIpc) is 2.74. The second-order valence-electron chi connectivity index (χ2n) is 10.5. The average molecular weight is 475 g/mol. The van der Waals surface area contributed by atoms with E-state index in [0.29, 0.717) is 6.42 Å². The first-order chi connectivity index (χ1) is 15.0. The van der Waals surface area contributed by atoms with Crippen molar-refractivity contribution in [3.8, 4) is 0 Å². The summed E-state index contributed by atoms with van der Waals surface area (Å²) in [7, 11) is 4.69. The number of hydrogen-bond acceptors (Lipinski definition) is 1. The lowest BCUT2D eigenvalue weighted by Gasteiger charge is -2.30. The molecule has 0 aromatic carbocycles. The number of rotatable bonds is 24. The molecule has 0 heterocycles. The lowest BCUT2D eigenvalue weighted by atomic mass is 10.1. The van der Waals surface area contributed by atoms with E-state index in [1.165, 1.54) is 116 Å². The third kappa shape index (κ3) is 26.0. The zero-order valence-electron chi connectivity index (χ0n) is 22.5. The summed E-state index contributed by atoms with van der Waals surface area (Å²) in [5, 5.41) is 3.12. The number of amides is 1. The van der Waals surface area contributed by atoms with Crippen LogP contribution in [0, 0.1) is 0 Å². The highest BCUT2D eigenvalue weighted by atomic mass is 35.5. The maximum absolute atomic E-state index is 11.9. The first-order valence-electron chi connectivity index (χ1n) is 14.1. The van der Waals surface area contributed by atoms with E-state index in [9.17, 15) is 4.79 Å². The van der Waals surface area contributed by atoms with E-state index in [-0.39, 0.29) is 18.3 Å². The Hall–Kier alpha value is -0.280. The van der Waals surface area contributed by atoms with Crippen molar-refractivity contribution in [1.29, 1.82) is 0 Å². The molecule has 0 saturated heterocycles. The molecule has 0 atom stereocenters. The molecule has 0 aliphatic rings. The van der Waals surface area contributed by atoms with Gasteiger partial charge in [0.15, 0.2) is 0 Å². The molecule has 4 heteroatoms. The Morgan fingerprint density at radius 3 is 1.41 bits per heavy atom. The van der Waals surface area contributed by atoms with Crippen LogP contribution >= 0.6 is 0 Å². The predicted octanol–water partition coefficient (Wildman–Crippen LogP) is 5.02. The largest absolute Gasteiger partial charge is 1.00 e. The molecule has 0 aliphatic heterocycles. The monoisotopic (exact) mass is 474 g/mol. The molecule has 0 saturated carbocycles. The van der Waals surface area contributed by atoms with E-state index in [0.717, 1.165) is 30.4 Å². The van der Waals surface area contributed by atoms with Gasteiger partial charge in [0.2, 0.25) is 5.91 Å². The number of quaternary nitrogens is 1. The molecule has 194 valence electrons. The van der Waals surface area contributed by atoms with Crippen LogP contribution < -0.4 is 17.7 Å². The quantitative estimate of drug-likeness (QED) is 0.154. The van der Waals surface area contributed by atoms with Crippen molar-refractivity contribution in [3.63, 3.8) is 0 Å². The van der Waals surface area contributed by atoms with E-state index in [1.807, 2.05) is 0 Å². The highest BCUT2D eigenvalue weighted by molar-refractivity contribution is 5.75. The minimum absolute atomic E-state index is 0. The van der Waals surface area contributed by atoms with E-state index in [4.69, 9.17) is 0 Å². The topological polar surface area (TPSA) is 29.1 Å². The standard InChI is InChI=1S/C28H58N2O.ClH/c1-5-7-9-11-13-14-15-16-17-18-20-22-26-30(3,4)27-23-25-29-28(31)24-21-19-12-10-8-6-2;/h5-27H2,1-4H3;1H. The molecule has 32 heavy (non-hydrogen) atoms.